The fraction of sp³-hybridized carbons (Fsp3) is 0.925. The number of esters is 2. The van der Waals surface area contributed by atoms with Crippen LogP contribution in [0.25, 0.3) is 0 Å². The Labute approximate surface area is 386 Å². The van der Waals surface area contributed by atoms with Gasteiger partial charge in [-0.15, -0.1) is 0 Å². The van der Waals surface area contributed by atoms with E-state index in [0.29, 0.717) is 6.42 Å². The van der Waals surface area contributed by atoms with Crippen molar-refractivity contribution in [3.8, 4) is 0 Å². The van der Waals surface area contributed by atoms with Gasteiger partial charge in [0.1, 0.15) is 31.0 Å². The van der Waals surface area contributed by atoms with Gasteiger partial charge in [-0.1, -0.05) is 219 Å². The number of unbranched alkanes of at least 4 members (excludes halogenated alkanes) is 33. The van der Waals surface area contributed by atoms with Crippen molar-refractivity contribution in [2.45, 2.75) is 295 Å². The molecule has 1 heterocycles. The van der Waals surface area contributed by atoms with Gasteiger partial charge in [-0.25, -0.2) is 0 Å². The van der Waals surface area contributed by atoms with Gasteiger partial charge >= 0.3 is 11.9 Å². The Bertz CT molecular complexity index is 1040. The lowest BCUT2D eigenvalue weighted by molar-refractivity contribution is -0.305. The van der Waals surface area contributed by atoms with Gasteiger partial charge in [0.15, 0.2) is 12.4 Å². The molecule has 0 aliphatic carbocycles. The van der Waals surface area contributed by atoms with Crippen molar-refractivity contribution < 1.29 is 49.0 Å². The lowest BCUT2D eigenvalue weighted by atomic mass is 9.99. The highest BCUT2D eigenvalue weighted by Gasteiger charge is 2.44. The summed E-state index contributed by atoms with van der Waals surface area (Å²) in [5.74, 6) is -0.795. The Kier molecular flexibility index (Phi) is 41.8. The first kappa shape index (κ1) is 59.5. The first-order valence-electron chi connectivity index (χ1n) is 26.8. The molecule has 0 radical (unpaired) electrons. The van der Waals surface area contributed by atoms with Crippen LogP contribution in [0.2, 0.25) is 0 Å². The van der Waals surface area contributed by atoms with Gasteiger partial charge in [-0.2, -0.15) is 0 Å². The van der Waals surface area contributed by atoms with E-state index in [2.05, 4.69) is 26.0 Å². The standard InChI is InChI=1S/C53H100O10/c1-3-5-7-9-11-13-15-17-19-21-23-24-26-27-29-31-33-35-37-39-41-48(55)60-44-46(45-61-53-52(59)51(58)50(57)47(43-54)63-53)62-49(56)42-40-38-36-34-32-30-28-25-22-20-18-16-14-12-10-8-6-4-2/h20,22,46-47,50-54,57-59H,3-19,21,23-45H2,1-2H3/b22-20-. The molecular weight excluding hydrogens is 797 g/mol. The first-order valence-corrected chi connectivity index (χ1v) is 26.8. The second kappa shape index (κ2) is 44.3. The topological polar surface area (TPSA) is 152 Å². The van der Waals surface area contributed by atoms with E-state index in [1.165, 1.54) is 180 Å². The SMILES string of the molecule is CCCCCCCCC/C=C\CCCCCCCCCC(=O)OC(COC(=O)CCCCCCCCCCCCCCCCCCCCCC)COC1OC(CO)C(O)C(O)C1O. The van der Waals surface area contributed by atoms with Crippen molar-refractivity contribution in [3.63, 3.8) is 0 Å². The zero-order chi connectivity index (χ0) is 45.9. The van der Waals surface area contributed by atoms with Crippen molar-refractivity contribution in [1.82, 2.24) is 0 Å². The van der Waals surface area contributed by atoms with E-state index >= 15 is 0 Å². The summed E-state index contributed by atoms with van der Waals surface area (Å²) in [4.78, 5) is 25.5. The third-order valence-electron chi connectivity index (χ3n) is 12.7. The first-order chi connectivity index (χ1) is 30.8. The third-order valence-corrected chi connectivity index (χ3v) is 12.7. The normalized spacial score (nSPS) is 19.5. The highest BCUT2D eigenvalue weighted by atomic mass is 16.7. The monoisotopic (exact) mass is 897 g/mol. The highest BCUT2D eigenvalue weighted by Crippen LogP contribution is 2.23. The average Bonchev–Trinajstić information content (AvgIpc) is 3.28. The molecule has 1 rings (SSSR count). The van der Waals surface area contributed by atoms with Gasteiger partial charge in [0, 0.05) is 12.8 Å². The summed E-state index contributed by atoms with van der Waals surface area (Å²) in [6.07, 6.45) is 42.2. The van der Waals surface area contributed by atoms with Crippen molar-refractivity contribution in [2.75, 3.05) is 19.8 Å². The van der Waals surface area contributed by atoms with E-state index in [0.717, 1.165) is 44.9 Å². The minimum absolute atomic E-state index is 0.213. The number of allylic oxidation sites excluding steroid dienone is 2. The maximum absolute atomic E-state index is 12.8. The summed E-state index contributed by atoms with van der Waals surface area (Å²) in [6.45, 7) is 3.47. The number of rotatable bonds is 46. The minimum Gasteiger partial charge on any atom is -0.462 e. The fourth-order valence-electron chi connectivity index (χ4n) is 8.42. The average molecular weight is 897 g/mol. The Balaban J connectivity index is 2.23. The van der Waals surface area contributed by atoms with Crippen LogP contribution < -0.4 is 0 Å². The van der Waals surface area contributed by atoms with Crippen molar-refractivity contribution >= 4 is 11.9 Å². The smallest absolute Gasteiger partial charge is 0.306 e. The molecule has 6 atom stereocenters. The Morgan fingerprint density at radius 3 is 1.24 bits per heavy atom. The minimum atomic E-state index is -1.59. The lowest BCUT2D eigenvalue weighted by Gasteiger charge is -2.39. The lowest BCUT2D eigenvalue weighted by Crippen LogP contribution is -2.59. The zero-order valence-electron chi connectivity index (χ0n) is 40.8. The van der Waals surface area contributed by atoms with E-state index in [1.54, 1.807) is 0 Å². The zero-order valence-corrected chi connectivity index (χ0v) is 40.8. The maximum atomic E-state index is 12.8. The van der Waals surface area contributed by atoms with Crippen LogP contribution in [-0.4, -0.2) is 89.0 Å². The Hall–Kier alpha value is -1.56. The summed E-state index contributed by atoms with van der Waals surface area (Å²) in [5.41, 5.74) is 0. The number of hydrogen-bond acceptors (Lipinski definition) is 10. The quantitative estimate of drug-likeness (QED) is 0.0264. The molecule has 0 spiro atoms. The fourth-order valence-corrected chi connectivity index (χ4v) is 8.42. The molecule has 0 bridgehead atoms. The van der Waals surface area contributed by atoms with Crippen LogP contribution in [0.1, 0.15) is 258 Å². The molecular formula is C53H100O10. The van der Waals surface area contributed by atoms with Crippen molar-refractivity contribution in [1.29, 1.82) is 0 Å². The highest BCUT2D eigenvalue weighted by molar-refractivity contribution is 5.70. The molecule has 10 heteroatoms. The molecule has 1 aliphatic heterocycles. The Morgan fingerprint density at radius 1 is 0.476 bits per heavy atom. The van der Waals surface area contributed by atoms with Gasteiger partial charge in [-0.05, 0) is 38.5 Å². The van der Waals surface area contributed by atoms with E-state index < -0.39 is 49.4 Å². The number of ether oxygens (including phenoxy) is 4. The largest absolute Gasteiger partial charge is 0.462 e. The molecule has 0 aromatic rings. The number of carbonyl (C=O) groups is 2. The molecule has 372 valence electrons. The maximum Gasteiger partial charge on any atom is 0.306 e. The molecule has 1 fully saturated rings. The van der Waals surface area contributed by atoms with Gasteiger partial charge in [-0.3, -0.25) is 9.59 Å². The molecule has 10 nitrogen and oxygen atoms in total. The second-order valence-corrected chi connectivity index (χ2v) is 18.7. The summed E-state index contributed by atoms with van der Waals surface area (Å²) in [7, 11) is 0. The summed E-state index contributed by atoms with van der Waals surface area (Å²) in [5, 5.41) is 40.2. The number of carbonyl (C=O) groups excluding carboxylic acids is 2. The molecule has 1 saturated heterocycles. The van der Waals surface area contributed by atoms with Crippen LogP contribution in [0.4, 0.5) is 0 Å². The molecule has 6 unspecified atom stereocenters. The van der Waals surface area contributed by atoms with Crippen LogP contribution in [0.3, 0.4) is 0 Å². The number of aliphatic hydroxyl groups is 4. The molecule has 4 N–H and O–H groups in total. The van der Waals surface area contributed by atoms with Gasteiger partial charge < -0.3 is 39.4 Å². The molecule has 0 amide bonds. The predicted molar refractivity (Wildman–Crippen MR) is 256 cm³/mol. The molecule has 0 aromatic carbocycles. The number of aliphatic hydroxyl groups excluding tert-OH is 4. The van der Waals surface area contributed by atoms with E-state index in [4.69, 9.17) is 18.9 Å². The predicted octanol–water partition coefficient (Wildman–Crippen LogP) is 12.7. The van der Waals surface area contributed by atoms with Crippen molar-refractivity contribution in [2.24, 2.45) is 0 Å². The Morgan fingerprint density at radius 2 is 0.841 bits per heavy atom. The van der Waals surface area contributed by atoms with Gasteiger partial charge in [0.05, 0.1) is 13.2 Å². The van der Waals surface area contributed by atoms with Crippen LogP contribution in [0.5, 0.6) is 0 Å². The summed E-state index contributed by atoms with van der Waals surface area (Å²) >= 11 is 0. The molecule has 1 aliphatic rings. The number of hydrogen-bond donors (Lipinski definition) is 4. The van der Waals surface area contributed by atoms with Gasteiger partial charge in [0.2, 0.25) is 0 Å². The molecule has 63 heavy (non-hydrogen) atoms. The van der Waals surface area contributed by atoms with Gasteiger partial charge in [0.25, 0.3) is 0 Å². The van der Waals surface area contributed by atoms with Crippen LogP contribution >= 0.6 is 0 Å². The van der Waals surface area contributed by atoms with E-state index in [1.807, 2.05) is 0 Å². The molecule has 0 saturated carbocycles. The summed E-state index contributed by atoms with van der Waals surface area (Å²) < 4.78 is 22.3. The van der Waals surface area contributed by atoms with Crippen LogP contribution in [0.15, 0.2) is 12.2 Å². The molecule has 0 aromatic heterocycles. The van der Waals surface area contributed by atoms with E-state index in [-0.39, 0.29) is 32.0 Å². The third kappa shape index (κ3) is 35.3. The van der Waals surface area contributed by atoms with E-state index in [9.17, 15) is 30.0 Å². The van der Waals surface area contributed by atoms with Crippen molar-refractivity contribution in [3.05, 3.63) is 12.2 Å². The second-order valence-electron chi connectivity index (χ2n) is 18.7. The van der Waals surface area contributed by atoms with Crippen LogP contribution in [0, 0.1) is 0 Å². The van der Waals surface area contributed by atoms with Crippen LogP contribution in [-0.2, 0) is 28.5 Å². The summed E-state index contributed by atoms with van der Waals surface area (Å²) in [6, 6.07) is 0.